The van der Waals surface area contributed by atoms with E-state index in [-0.39, 0.29) is 6.17 Å². The molecule has 1 atom stereocenters. The summed E-state index contributed by atoms with van der Waals surface area (Å²) in [5, 5.41) is 0. The molecule has 1 aromatic heterocycles. The van der Waals surface area contributed by atoms with Crippen LogP contribution in [-0.4, -0.2) is 47.2 Å². The van der Waals surface area contributed by atoms with E-state index < -0.39 is 0 Å². The molecule has 0 bridgehead atoms. The summed E-state index contributed by atoms with van der Waals surface area (Å²) in [7, 11) is 0. The van der Waals surface area contributed by atoms with E-state index in [1.54, 1.807) is 12.4 Å². The van der Waals surface area contributed by atoms with Crippen LogP contribution in [0, 0.1) is 0 Å². The van der Waals surface area contributed by atoms with Gasteiger partial charge in [-0.1, -0.05) is 6.92 Å². The fourth-order valence-electron chi connectivity index (χ4n) is 1.97. The summed E-state index contributed by atoms with van der Waals surface area (Å²) in [6.45, 7) is 6.02. The van der Waals surface area contributed by atoms with Crippen LogP contribution in [0.5, 0.6) is 0 Å². The van der Waals surface area contributed by atoms with Crippen molar-refractivity contribution >= 4 is 5.95 Å². The van der Waals surface area contributed by atoms with Crippen molar-refractivity contribution in [3.05, 3.63) is 18.5 Å². The van der Waals surface area contributed by atoms with Crippen molar-refractivity contribution in [3.63, 3.8) is 0 Å². The Bertz CT molecular complexity index is 307. The van der Waals surface area contributed by atoms with E-state index in [2.05, 4.69) is 26.7 Å². The lowest BCUT2D eigenvalue weighted by molar-refractivity contribution is 0.183. The summed E-state index contributed by atoms with van der Waals surface area (Å²) in [4.78, 5) is 13.0. The molecule has 0 spiro atoms. The lowest BCUT2D eigenvalue weighted by Crippen LogP contribution is -2.53. The summed E-state index contributed by atoms with van der Waals surface area (Å²) in [6.07, 6.45) is 4.76. The second-order valence-corrected chi connectivity index (χ2v) is 4.05. The van der Waals surface area contributed by atoms with Crippen LogP contribution in [0.3, 0.4) is 0 Å². The van der Waals surface area contributed by atoms with Crippen LogP contribution in [0.2, 0.25) is 0 Å². The molecule has 0 amide bonds. The minimum absolute atomic E-state index is 0.193. The highest BCUT2D eigenvalue weighted by molar-refractivity contribution is 5.29. The first-order valence-electron chi connectivity index (χ1n) is 5.83. The number of anilines is 1. The number of nitrogens with zero attached hydrogens (tertiary/aromatic N) is 4. The SMILES string of the molecule is CCC(N)N1CCN(c2ncccn2)CC1. The van der Waals surface area contributed by atoms with E-state index in [0.29, 0.717) is 0 Å². The van der Waals surface area contributed by atoms with Gasteiger partial charge in [0.15, 0.2) is 0 Å². The Balaban J connectivity index is 1.91. The summed E-state index contributed by atoms with van der Waals surface area (Å²) in [6, 6.07) is 1.84. The van der Waals surface area contributed by atoms with Gasteiger partial charge in [0.05, 0.1) is 6.17 Å². The Hall–Kier alpha value is -1.20. The smallest absolute Gasteiger partial charge is 0.225 e. The summed E-state index contributed by atoms with van der Waals surface area (Å²) >= 11 is 0. The van der Waals surface area contributed by atoms with Gasteiger partial charge >= 0.3 is 0 Å². The summed E-state index contributed by atoms with van der Waals surface area (Å²) < 4.78 is 0. The molecule has 2 rings (SSSR count). The molecule has 1 fully saturated rings. The Morgan fingerprint density at radius 3 is 2.44 bits per heavy atom. The van der Waals surface area contributed by atoms with Crippen molar-refractivity contribution in [3.8, 4) is 0 Å². The maximum atomic E-state index is 6.01. The molecule has 5 heteroatoms. The molecule has 1 aliphatic rings. The zero-order valence-electron chi connectivity index (χ0n) is 9.71. The topological polar surface area (TPSA) is 58.3 Å². The van der Waals surface area contributed by atoms with E-state index in [1.165, 1.54) is 0 Å². The lowest BCUT2D eigenvalue weighted by Gasteiger charge is -2.37. The number of piperazine rings is 1. The molecule has 2 N–H and O–H groups in total. The zero-order valence-corrected chi connectivity index (χ0v) is 9.71. The highest BCUT2D eigenvalue weighted by Crippen LogP contribution is 2.11. The zero-order chi connectivity index (χ0) is 11.4. The molecule has 5 nitrogen and oxygen atoms in total. The molecule has 1 unspecified atom stereocenters. The van der Waals surface area contributed by atoms with Gasteiger partial charge in [-0.25, -0.2) is 9.97 Å². The normalized spacial score (nSPS) is 19.8. The molecule has 88 valence electrons. The van der Waals surface area contributed by atoms with Gasteiger partial charge in [0.2, 0.25) is 5.95 Å². The number of hydrogen-bond acceptors (Lipinski definition) is 5. The van der Waals surface area contributed by atoms with Crippen molar-refractivity contribution in [1.82, 2.24) is 14.9 Å². The molecule has 1 aromatic rings. The quantitative estimate of drug-likeness (QED) is 0.795. The van der Waals surface area contributed by atoms with Crippen LogP contribution in [-0.2, 0) is 0 Å². The Labute approximate surface area is 96.3 Å². The van der Waals surface area contributed by atoms with Gasteiger partial charge in [-0.15, -0.1) is 0 Å². The third-order valence-corrected chi connectivity index (χ3v) is 3.04. The maximum Gasteiger partial charge on any atom is 0.225 e. The monoisotopic (exact) mass is 221 g/mol. The Morgan fingerprint density at radius 2 is 1.88 bits per heavy atom. The van der Waals surface area contributed by atoms with Gasteiger partial charge in [-0.2, -0.15) is 0 Å². The number of rotatable bonds is 3. The number of aromatic nitrogens is 2. The van der Waals surface area contributed by atoms with Crippen molar-refractivity contribution < 1.29 is 0 Å². The summed E-state index contributed by atoms with van der Waals surface area (Å²) in [5.41, 5.74) is 6.01. The van der Waals surface area contributed by atoms with Crippen molar-refractivity contribution in [2.75, 3.05) is 31.1 Å². The second kappa shape index (κ2) is 5.23. The van der Waals surface area contributed by atoms with Gasteiger partial charge in [-0.05, 0) is 12.5 Å². The van der Waals surface area contributed by atoms with Crippen molar-refractivity contribution in [2.24, 2.45) is 5.73 Å². The average molecular weight is 221 g/mol. The van der Waals surface area contributed by atoms with Gasteiger partial charge < -0.3 is 10.6 Å². The summed E-state index contributed by atoms with van der Waals surface area (Å²) in [5.74, 6) is 0.826. The van der Waals surface area contributed by atoms with Crippen molar-refractivity contribution in [1.29, 1.82) is 0 Å². The van der Waals surface area contributed by atoms with Gasteiger partial charge in [0, 0.05) is 38.6 Å². The van der Waals surface area contributed by atoms with Gasteiger partial charge in [0.1, 0.15) is 0 Å². The molecular formula is C11H19N5. The van der Waals surface area contributed by atoms with Crippen LogP contribution in [0.25, 0.3) is 0 Å². The first-order valence-corrected chi connectivity index (χ1v) is 5.83. The van der Waals surface area contributed by atoms with E-state index in [4.69, 9.17) is 5.73 Å². The molecule has 0 radical (unpaired) electrons. The molecule has 1 aliphatic heterocycles. The fraction of sp³-hybridized carbons (Fsp3) is 0.636. The Morgan fingerprint density at radius 1 is 1.25 bits per heavy atom. The highest BCUT2D eigenvalue weighted by atomic mass is 15.3. The van der Waals surface area contributed by atoms with Crippen LogP contribution in [0.1, 0.15) is 13.3 Å². The van der Waals surface area contributed by atoms with E-state index in [9.17, 15) is 0 Å². The molecule has 0 aliphatic carbocycles. The first-order chi connectivity index (χ1) is 7.81. The van der Waals surface area contributed by atoms with Crippen LogP contribution < -0.4 is 10.6 Å². The predicted molar refractivity (Wildman–Crippen MR) is 64.1 cm³/mol. The third-order valence-electron chi connectivity index (χ3n) is 3.04. The van der Waals surface area contributed by atoms with Crippen LogP contribution in [0.15, 0.2) is 18.5 Å². The van der Waals surface area contributed by atoms with E-state index >= 15 is 0 Å². The van der Waals surface area contributed by atoms with Crippen molar-refractivity contribution in [2.45, 2.75) is 19.5 Å². The number of nitrogens with two attached hydrogens (primary N) is 1. The molecule has 0 aromatic carbocycles. The minimum atomic E-state index is 0.193. The largest absolute Gasteiger partial charge is 0.338 e. The van der Waals surface area contributed by atoms with E-state index in [0.717, 1.165) is 38.5 Å². The second-order valence-electron chi connectivity index (χ2n) is 4.05. The molecule has 2 heterocycles. The van der Waals surface area contributed by atoms with E-state index in [1.807, 2.05) is 6.07 Å². The molecule has 0 saturated carbocycles. The minimum Gasteiger partial charge on any atom is -0.338 e. The fourth-order valence-corrected chi connectivity index (χ4v) is 1.97. The first kappa shape index (κ1) is 11.3. The van der Waals surface area contributed by atoms with Gasteiger partial charge in [0.25, 0.3) is 0 Å². The van der Waals surface area contributed by atoms with Gasteiger partial charge in [-0.3, -0.25) is 4.90 Å². The maximum absolute atomic E-state index is 6.01. The molecule has 16 heavy (non-hydrogen) atoms. The molecular weight excluding hydrogens is 202 g/mol. The highest BCUT2D eigenvalue weighted by Gasteiger charge is 2.21. The Kier molecular flexibility index (Phi) is 3.69. The third kappa shape index (κ3) is 2.48. The number of hydrogen-bond donors (Lipinski definition) is 1. The molecule has 1 saturated heterocycles. The van der Waals surface area contributed by atoms with Crippen LogP contribution in [0.4, 0.5) is 5.95 Å². The van der Waals surface area contributed by atoms with Crippen LogP contribution >= 0.6 is 0 Å². The average Bonchev–Trinajstić information content (AvgIpc) is 2.39. The standard InChI is InChI=1S/C11H19N5/c1-2-10(12)15-6-8-16(9-7-15)11-13-4-3-5-14-11/h3-5,10H,2,6-9,12H2,1H3. The lowest BCUT2D eigenvalue weighted by atomic mass is 10.2. The predicted octanol–water partition coefficient (Wildman–Crippen LogP) is 0.293.